The van der Waals surface area contributed by atoms with Crippen molar-refractivity contribution in [2.75, 3.05) is 6.61 Å². The summed E-state index contributed by atoms with van der Waals surface area (Å²) in [5.74, 6) is 0.0805. The highest BCUT2D eigenvalue weighted by Crippen LogP contribution is 2.50. The lowest BCUT2D eigenvalue weighted by Crippen LogP contribution is -2.48. The topological polar surface area (TPSA) is 114 Å². The maximum absolute atomic E-state index is 10.7. The molecule has 0 aromatic carbocycles. The van der Waals surface area contributed by atoms with Crippen molar-refractivity contribution in [3.05, 3.63) is 47.1 Å². The van der Waals surface area contributed by atoms with Crippen LogP contribution in [0.4, 0.5) is 0 Å². The molecule has 1 aliphatic heterocycles. The van der Waals surface area contributed by atoms with Crippen molar-refractivity contribution in [1.29, 1.82) is 0 Å². The molecule has 28 heavy (non-hydrogen) atoms. The van der Waals surface area contributed by atoms with Crippen molar-refractivity contribution in [1.82, 2.24) is 0 Å². The average molecular weight is 392 g/mol. The highest BCUT2D eigenvalue weighted by atomic mass is 16.6. The standard InChI is InChI=1S/C22H32O6/c1-12(5-7-15-13(2)6-8-16(24)21(15,3)4)9-17(25)22-18(26)10-14(11-23)19(27)20(22)28-22/h5-7,9-10,15-20,23-27H,8,11H2,1-4H3/b7-5+,12-9?/t15-,16+,17-,18-,19+,20-,22+/m0/s1. The SMILES string of the molecule is CC(=C[C@H](O)[C@]12O[C@H]1[C@H](O)C(CO)=C[C@@H]2O)/C=C/[C@H]1C(C)=CC[C@@H](O)C1(C)C. The van der Waals surface area contributed by atoms with Crippen LogP contribution < -0.4 is 0 Å². The van der Waals surface area contributed by atoms with Crippen LogP contribution in [0.1, 0.15) is 34.1 Å². The van der Waals surface area contributed by atoms with Crippen LogP contribution in [0.3, 0.4) is 0 Å². The molecule has 0 aromatic rings. The second kappa shape index (κ2) is 7.52. The normalized spacial score (nSPS) is 41.3. The van der Waals surface area contributed by atoms with E-state index in [0.717, 1.165) is 5.57 Å². The zero-order valence-electron chi connectivity index (χ0n) is 16.9. The molecule has 0 aromatic heterocycles. The Hall–Kier alpha value is -1.28. The van der Waals surface area contributed by atoms with Crippen LogP contribution in [0.25, 0.3) is 0 Å². The van der Waals surface area contributed by atoms with E-state index in [1.807, 2.05) is 32.9 Å². The molecule has 6 nitrogen and oxygen atoms in total. The molecule has 2 aliphatic carbocycles. The van der Waals surface area contributed by atoms with Crippen LogP contribution in [0.5, 0.6) is 0 Å². The Bertz CT molecular complexity index is 733. The highest BCUT2D eigenvalue weighted by molar-refractivity contribution is 5.36. The van der Waals surface area contributed by atoms with E-state index in [1.54, 1.807) is 6.08 Å². The summed E-state index contributed by atoms with van der Waals surface area (Å²) < 4.78 is 5.52. The number of hydrogen-bond acceptors (Lipinski definition) is 6. The number of hydrogen-bond donors (Lipinski definition) is 5. The van der Waals surface area contributed by atoms with Crippen LogP contribution in [0.2, 0.25) is 0 Å². The van der Waals surface area contributed by atoms with E-state index in [4.69, 9.17) is 4.74 Å². The molecule has 156 valence electrons. The van der Waals surface area contributed by atoms with E-state index in [1.165, 1.54) is 11.6 Å². The summed E-state index contributed by atoms with van der Waals surface area (Å²) in [5, 5.41) is 50.8. The van der Waals surface area contributed by atoms with Gasteiger partial charge in [0.05, 0.1) is 12.7 Å². The van der Waals surface area contributed by atoms with Crippen molar-refractivity contribution in [3.63, 3.8) is 0 Å². The first-order valence-corrected chi connectivity index (χ1v) is 9.80. The van der Waals surface area contributed by atoms with Gasteiger partial charge in [0.2, 0.25) is 0 Å². The first kappa shape index (κ1) is 21.4. The smallest absolute Gasteiger partial charge is 0.156 e. The second-order valence-corrected chi connectivity index (χ2v) is 8.89. The third kappa shape index (κ3) is 3.43. The minimum absolute atomic E-state index is 0.0805. The van der Waals surface area contributed by atoms with Crippen molar-refractivity contribution >= 4 is 0 Å². The lowest BCUT2D eigenvalue weighted by atomic mass is 9.67. The molecule has 0 spiro atoms. The summed E-state index contributed by atoms with van der Waals surface area (Å²) in [6, 6.07) is 0. The molecule has 0 bridgehead atoms. The minimum atomic E-state index is -1.27. The Kier molecular flexibility index (Phi) is 5.75. The fourth-order valence-electron chi connectivity index (χ4n) is 4.53. The molecule has 0 saturated carbocycles. The van der Waals surface area contributed by atoms with Gasteiger partial charge < -0.3 is 30.3 Å². The van der Waals surface area contributed by atoms with Gasteiger partial charge >= 0.3 is 0 Å². The first-order valence-electron chi connectivity index (χ1n) is 9.80. The van der Waals surface area contributed by atoms with Gasteiger partial charge in [-0.3, -0.25) is 0 Å². The molecule has 5 N–H and O–H groups in total. The quantitative estimate of drug-likeness (QED) is 0.271. The summed E-state index contributed by atoms with van der Waals surface area (Å²) in [7, 11) is 0. The van der Waals surface area contributed by atoms with Gasteiger partial charge in [-0.15, -0.1) is 0 Å². The maximum Gasteiger partial charge on any atom is 0.156 e. The molecule has 0 radical (unpaired) electrons. The van der Waals surface area contributed by atoms with Crippen molar-refractivity contribution in [2.24, 2.45) is 11.3 Å². The summed E-state index contributed by atoms with van der Waals surface area (Å²) in [6.07, 6.45) is 5.21. The summed E-state index contributed by atoms with van der Waals surface area (Å²) in [5.41, 5.74) is 0.740. The molecule has 1 saturated heterocycles. The zero-order valence-corrected chi connectivity index (χ0v) is 16.9. The van der Waals surface area contributed by atoms with Gasteiger partial charge in [-0.1, -0.05) is 49.3 Å². The predicted molar refractivity (Wildman–Crippen MR) is 105 cm³/mol. The van der Waals surface area contributed by atoms with Crippen LogP contribution in [-0.2, 0) is 4.74 Å². The summed E-state index contributed by atoms with van der Waals surface area (Å²) >= 11 is 0. The fourth-order valence-corrected chi connectivity index (χ4v) is 4.53. The Morgan fingerprint density at radius 3 is 2.64 bits per heavy atom. The molecule has 7 atom stereocenters. The van der Waals surface area contributed by atoms with E-state index >= 15 is 0 Å². The van der Waals surface area contributed by atoms with Crippen LogP contribution in [-0.4, -0.2) is 68.3 Å². The van der Waals surface area contributed by atoms with E-state index in [0.29, 0.717) is 12.0 Å². The van der Waals surface area contributed by atoms with E-state index in [-0.39, 0.29) is 17.9 Å². The van der Waals surface area contributed by atoms with Crippen LogP contribution in [0, 0.1) is 11.3 Å². The molecule has 3 aliphatic rings. The van der Waals surface area contributed by atoms with Gasteiger partial charge in [0.15, 0.2) is 5.60 Å². The number of allylic oxidation sites excluding steroid dienone is 4. The summed E-state index contributed by atoms with van der Waals surface area (Å²) in [4.78, 5) is 0. The number of fused-ring (bicyclic) bond motifs is 1. The third-order valence-electron chi connectivity index (χ3n) is 6.65. The van der Waals surface area contributed by atoms with Crippen molar-refractivity contribution in [2.45, 2.75) is 70.2 Å². The molecule has 6 heteroatoms. The first-order chi connectivity index (χ1) is 13.1. The number of ether oxygens (including phenoxy) is 1. The zero-order chi connectivity index (χ0) is 20.9. The minimum Gasteiger partial charge on any atom is -0.392 e. The predicted octanol–water partition coefficient (Wildman–Crippen LogP) is 0.995. The lowest BCUT2D eigenvalue weighted by molar-refractivity contribution is 0.0243. The number of aliphatic hydroxyl groups excluding tert-OH is 5. The van der Waals surface area contributed by atoms with Gasteiger partial charge in [0.25, 0.3) is 0 Å². The summed E-state index contributed by atoms with van der Waals surface area (Å²) in [6.45, 7) is 7.63. The number of aliphatic hydroxyl groups is 5. The van der Waals surface area contributed by atoms with Gasteiger partial charge in [-0.25, -0.2) is 0 Å². The molecule has 3 rings (SSSR count). The number of rotatable bonds is 5. The molecule has 1 heterocycles. The molecular weight excluding hydrogens is 360 g/mol. The Labute approximate surface area is 166 Å². The van der Waals surface area contributed by atoms with Crippen LogP contribution in [0.15, 0.2) is 47.1 Å². The average Bonchev–Trinajstić information content (AvgIpc) is 3.39. The Balaban J connectivity index is 1.76. The van der Waals surface area contributed by atoms with Gasteiger partial charge in [-0.2, -0.15) is 0 Å². The van der Waals surface area contributed by atoms with Crippen LogP contribution >= 0.6 is 0 Å². The van der Waals surface area contributed by atoms with Gasteiger partial charge in [0.1, 0.15) is 24.4 Å². The monoisotopic (exact) mass is 392 g/mol. The Morgan fingerprint density at radius 2 is 2.00 bits per heavy atom. The number of epoxide rings is 1. The molecular formula is C22H32O6. The van der Waals surface area contributed by atoms with E-state index in [9.17, 15) is 25.5 Å². The lowest BCUT2D eigenvalue weighted by Gasteiger charge is -2.40. The highest BCUT2D eigenvalue weighted by Gasteiger charge is 2.69. The third-order valence-corrected chi connectivity index (χ3v) is 6.65. The van der Waals surface area contributed by atoms with Gasteiger partial charge in [0, 0.05) is 11.3 Å². The molecule has 0 amide bonds. The molecule has 0 unspecified atom stereocenters. The maximum atomic E-state index is 10.7. The van der Waals surface area contributed by atoms with Crippen molar-refractivity contribution in [3.8, 4) is 0 Å². The Morgan fingerprint density at radius 1 is 1.32 bits per heavy atom. The second-order valence-electron chi connectivity index (χ2n) is 8.89. The fraction of sp³-hybridized carbons (Fsp3) is 0.636. The van der Waals surface area contributed by atoms with E-state index in [2.05, 4.69) is 13.0 Å². The van der Waals surface area contributed by atoms with Gasteiger partial charge in [-0.05, 0) is 31.9 Å². The largest absolute Gasteiger partial charge is 0.392 e. The molecule has 1 fully saturated rings. The van der Waals surface area contributed by atoms with E-state index < -0.39 is 36.1 Å². The van der Waals surface area contributed by atoms with Crippen molar-refractivity contribution < 1.29 is 30.3 Å².